The molecule has 0 radical (unpaired) electrons. The molecule has 1 aliphatic carbocycles. The number of anilines is 1. The number of furan rings is 1. The molecule has 1 aliphatic rings. The Morgan fingerprint density at radius 2 is 2.26 bits per heavy atom. The molecule has 3 rings (SSSR count). The van der Waals surface area contributed by atoms with Gasteiger partial charge >= 0.3 is 5.97 Å². The van der Waals surface area contributed by atoms with Crippen molar-refractivity contribution in [3.8, 4) is 0 Å². The lowest BCUT2D eigenvalue weighted by molar-refractivity contribution is 0.0593. The van der Waals surface area contributed by atoms with Crippen molar-refractivity contribution < 1.29 is 13.9 Å². The third-order valence-electron chi connectivity index (χ3n) is 3.78. The number of aromatic nitrogens is 2. The van der Waals surface area contributed by atoms with Gasteiger partial charge in [0, 0.05) is 12.5 Å². The molecule has 0 aliphatic heterocycles. The summed E-state index contributed by atoms with van der Waals surface area (Å²) in [6.45, 7) is 3.18. The van der Waals surface area contributed by atoms with Gasteiger partial charge in [0.05, 0.1) is 19.9 Å². The molecule has 2 aromatic rings. The normalized spacial score (nSPS) is 13.9. The van der Waals surface area contributed by atoms with Crippen molar-refractivity contribution in [1.29, 1.82) is 0 Å². The van der Waals surface area contributed by atoms with Gasteiger partial charge in [0.2, 0.25) is 0 Å². The van der Waals surface area contributed by atoms with Gasteiger partial charge in [-0.3, -0.25) is 0 Å². The van der Waals surface area contributed by atoms with Gasteiger partial charge in [0.15, 0.2) is 11.5 Å². The summed E-state index contributed by atoms with van der Waals surface area (Å²) in [5.41, 5.74) is 0.124. The fourth-order valence-corrected chi connectivity index (χ4v) is 2.63. The number of ether oxygens (including phenoxy) is 1. The van der Waals surface area contributed by atoms with Crippen LogP contribution in [0.1, 0.15) is 47.8 Å². The van der Waals surface area contributed by atoms with E-state index < -0.39 is 5.97 Å². The summed E-state index contributed by atoms with van der Waals surface area (Å²) in [4.78, 5) is 22.8. The average Bonchev–Trinajstić information content (AvgIpc) is 3.29. The van der Waals surface area contributed by atoms with Gasteiger partial charge in [0.25, 0.3) is 0 Å². The maximum Gasteiger partial charge on any atom is 0.358 e. The van der Waals surface area contributed by atoms with Crippen LogP contribution in [0.25, 0.3) is 0 Å². The molecule has 23 heavy (non-hydrogen) atoms. The van der Waals surface area contributed by atoms with Crippen molar-refractivity contribution in [1.82, 2.24) is 9.97 Å². The second kappa shape index (κ2) is 6.58. The van der Waals surface area contributed by atoms with Crippen LogP contribution in [0.4, 0.5) is 5.82 Å². The van der Waals surface area contributed by atoms with Crippen molar-refractivity contribution in [2.45, 2.75) is 32.2 Å². The standard InChI is InChI=1S/C16H18ClN3O3/c1-3-20(9-11-5-4-8-23-11)15-12(17)13(16(21)22-2)18-14(19-15)10-6-7-10/h4-5,8,10H,3,6-7,9H2,1-2H3. The molecule has 0 amide bonds. The van der Waals surface area contributed by atoms with E-state index in [2.05, 4.69) is 9.97 Å². The summed E-state index contributed by atoms with van der Waals surface area (Å²) >= 11 is 6.40. The molecule has 1 fully saturated rings. The monoisotopic (exact) mass is 335 g/mol. The third-order valence-corrected chi connectivity index (χ3v) is 4.13. The van der Waals surface area contributed by atoms with Crippen LogP contribution in [-0.2, 0) is 11.3 Å². The van der Waals surface area contributed by atoms with Gasteiger partial charge in [-0.05, 0) is 31.9 Å². The zero-order valence-electron chi connectivity index (χ0n) is 13.1. The van der Waals surface area contributed by atoms with E-state index in [9.17, 15) is 4.79 Å². The number of nitrogens with zero attached hydrogens (tertiary/aromatic N) is 3. The van der Waals surface area contributed by atoms with Gasteiger partial charge in [-0.15, -0.1) is 0 Å². The van der Waals surface area contributed by atoms with Crippen molar-refractivity contribution in [2.24, 2.45) is 0 Å². The van der Waals surface area contributed by atoms with Crippen LogP contribution in [0.3, 0.4) is 0 Å². The molecule has 1 saturated carbocycles. The molecule has 0 aromatic carbocycles. The molecule has 2 heterocycles. The van der Waals surface area contributed by atoms with Gasteiger partial charge in [-0.1, -0.05) is 11.6 Å². The zero-order valence-corrected chi connectivity index (χ0v) is 13.8. The van der Waals surface area contributed by atoms with Gasteiger partial charge in [-0.25, -0.2) is 14.8 Å². The lowest BCUT2D eigenvalue weighted by Crippen LogP contribution is -2.25. The van der Waals surface area contributed by atoms with E-state index in [1.54, 1.807) is 6.26 Å². The summed E-state index contributed by atoms with van der Waals surface area (Å²) < 4.78 is 10.2. The van der Waals surface area contributed by atoms with Crippen molar-refractivity contribution in [3.05, 3.63) is 40.7 Å². The van der Waals surface area contributed by atoms with Crippen LogP contribution >= 0.6 is 11.6 Å². The molecule has 0 spiro atoms. The summed E-state index contributed by atoms with van der Waals surface area (Å²) in [5, 5.41) is 0.217. The minimum absolute atomic E-state index is 0.124. The number of esters is 1. The van der Waals surface area contributed by atoms with E-state index in [4.69, 9.17) is 20.8 Å². The number of rotatable bonds is 6. The summed E-state index contributed by atoms with van der Waals surface area (Å²) in [7, 11) is 1.32. The van der Waals surface area contributed by atoms with Gasteiger partial charge in [-0.2, -0.15) is 0 Å². The van der Waals surface area contributed by atoms with Crippen LogP contribution < -0.4 is 4.90 Å². The second-order valence-electron chi connectivity index (χ2n) is 5.43. The number of methoxy groups -OCH3 is 1. The summed E-state index contributed by atoms with van der Waals surface area (Å²) in [6.07, 6.45) is 3.69. The molecular formula is C16H18ClN3O3. The first kappa shape index (κ1) is 15.8. The minimum atomic E-state index is -0.547. The number of carbonyl (C=O) groups is 1. The predicted octanol–water partition coefficient (Wildman–Crippen LogP) is 3.41. The first-order chi connectivity index (χ1) is 11.1. The summed E-state index contributed by atoms with van der Waals surface area (Å²) in [5.74, 6) is 1.76. The lowest BCUT2D eigenvalue weighted by Gasteiger charge is -2.23. The topological polar surface area (TPSA) is 68.5 Å². The highest BCUT2D eigenvalue weighted by atomic mass is 35.5. The van der Waals surface area contributed by atoms with Crippen LogP contribution in [-0.4, -0.2) is 29.6 Å². The molecule has 2 aromatic heterocycles. The first-order valence-electron chi connectivity index (χ1n) is 7.57. The smallest absolute Gasteiger partial charge is 0.358 e. The molecular weight excluding hydrogens is 318 g/mol. The Morgan fingerprint density at radius 1 is 1.48 bits per heavy atom. The Labute approximate surface area is 139 Å². The Morgan fingerprint density at radius 3 is 2.83 bits per heavy atom. The fraction of sp³-hybridized carbons (Fsp3) is 0.438. The number of carbonyl (C=O) groups excluding carboxylic acids is 1. The van der Waals surface area contributed by atoms with Crippen LogP contribution in [0.2, 0.25) is 5.02 Å². The Balaban J connectivity index is 2.01. The molecule has 0 N–H and O–H groups in total. The molecule has 0 atom stereocenters. The molecule has 0 bridgehead atoms. The molecule has 0 unspecified atom stereocenters. The lowest BCUT2D eigenvalue weighted by atomic mass is 10.3. The van der Waals surface area contributed by atoms with E-state index >= 15 is 0 Å². The van der Waals surface area contributed by atoms with E-state index in [0.717, 1.165) is 18.6 Å². The van der Waals surface area contributed by atoms with E-state index in [1.807, 2.05) is 24.0 Å². The quantitative estimate of drug-likeness (QED) is 0.753. The molecule has 7 heteroatoms. The predicted molar refractivity (Wildman–Crippen MR) is 85.8 cm³/mol. The molecule has 6 nitrogen and oxygen atoms in total. The second-order valence-corrected chi connectivity index (χ2v) is 5.81. The molecule has 0 saturated heterocycles. The fourth-order valence-electron chi connectivity index (χ4n) is 2.34. The van der Waals surface area contributed by atoms with Crippen LogP contribution in [0.15, 0.2) is 22.8 Å². The van der Waals surface area contributed by atoms with Crippen LogP contribution in [0, 0.1) is 0 Å². The highest BCUT2D eigenvalue weighted by Gasteiger charge is 2.31. The maximum absolute atomic E-state index is 12.0. The highest BCUT2D eigenvalue weighted by Crippen LogP contribution is 2.40. The van der Waals surface area contributed by atoms with Crippen molar-refractivity contribution in [2.75, 3.05) is 18.6 Å². The van der Waals surface area contributed by atoms with E-state index in [0.29, 0.717) is 30.6 Å². The van der Waals surface area contributed by atoms with E-state index in [-0.39, 0.29) is 10.7 Å². The van der Waals surface area contributed by atoms with E-state index in [1.165, 1.54) is 7.11 Å². The maximum atomic E-state index is 12.0. The van der Waals surface area contributed by atoms with Crippen LogP contribution in [0.5, 0.6) is 0 Å². The number of halogens is 1. The Hall–Kier alpha value is -2.08. The highest BCUT2D eigenvalue weighted by molar-refractivity contribution is 6.35. The average molecular weight is 336 g/mol. The number of hydrogen-bond acceptors (Lipinski definition) is 6. The number of hydrogen-bond donors (Lipinski definition) is 0. The first-order valence-corrected chi connectivity index (χ1v) is 7.94. The van der Waals surface area contributed by atoms with Crippen molar-refractivity contribution >= 4 is 23.4 Å². The Kier molecular flexibility index (Phi) is 4.52. The SMILES string of the molecule is CCN(Cc1ccco1)c1nc(C2CC2)nc(C(=O)OC)c1Cl. The van der Waals surface area contributed by atoms with Gasteiger partial charge in [0.1, 0.15) is 16.6 Å². The minimum Gasteiger partial charge on any atom is -0.467 e. The van der Waals surface area contributed by atoms with Crippen molar-refractivity contribution in [3.63, 3.8) is 0 Å². The largest absolute Gasteiger partial charge is 0.467 e. The summed E-state index contributed by atoms with van der Waals surface area (Å²) in [6, 6.07) is 3.72. The third kappa shape index (κ3) is 3.32. The molecule has 122 valence electrons. The zero-order chi connectivity index (χ0) is 16.4. The van der Waals surface area contributed by atoms with Gasteiger partial charge < -0.3 is 14.1 Å². The Bertz CT molecular complexity index is 699.